The minimum Gasteiger partial charge on any atom is -0.385 e. The van der Waals surface area contributed by atoms with Crippen LogP contribution in [0.1, 0.15) is 44.1 Å². The molecule has 25 heavy (non-hydrogen) atoms. The molecule has 0 atom stereocenters. The van der Waals surface area contributed by atoms with E-state index in [0.717, 1.165) is 32.2 Å². The number of nitrogens with one attached hydrogen (secondary N) is 1. The van der Waals surface area contributed by atoms with E-state index in [2.05, 4.69) is 39.2 Å². The Morgan fingerprint density at radius 1 is 1.16 bits per heavy atom. The molecule has 0 spiro atoms. The van der Waals surface area contributed by atoms with Crippen molar-refractivity contribution in [1.82, 2.24) is 9.88 Å². The highest BCUT2D eigenvalue weighted by atomic mass is 16.5. The van der Waals surface area contributed by atoms with Crippen LogP contribution in [0.4, 0.5) is 5.69 Å². The molecule has 1 aliphatic heterocycles. The first-order valence-corrected chi connectivity index (χ1v) is 9.95. The number of benzene rings is 1. The van der Waals surface area contributed by atoms with Gasteiger partial charge in [-0.2, -0.15) is 0 Å². The van der Waals surface area contributed by atoms with Gasteiger partial charge in [-0.3, -0.25) is 0 Å². The van der Waals surface area contributed by atoms with E-state index in [9.17, 15) is 0 Å². The summed E-state index contributed by atoms with van der Waals surface area (Å²) in [6.45, 7) is 5.23. The van der Waals surface area contributed by atoms with E-state index >= 15 is 0 Å². The summed E-state index contributed by atoms with van der Waals surface area (Å²) in [5.41, 5.74) is 4.28. The first-order valence-electron chi connectivity index (χ1n) is 9.95. The fourth-order valence-corrected chi connectivity index (χ4v) is 4.06. The van der Waals surface area contributed by atoms with Crippen molar-refractivity contribution < 1.29 is 4.74 Å². The average molecular weight is 341 g/mol. The summed E-state index contributed by atoms with van der Waals surface area (Å²) >= 11 is 0. The summed E-state index contributed by atoms with van der Waals surface area (Å²) in [5.74, 6) is 0. The Labute approximate surface area is 151 Å². The molecule has 2 aliphatic rings. The number of aromatic nitrogens is 1. The van der Waals surface area contributed by atoms with Crippen LogP contribution in [0.15, 0.2) is 24.4 Å². The van der Waals surface area contributed by atoms with E-state index in [1.54, 1.807) is 7.11 Å². The van der Waals surface area contributed by atoms with Gasteiger partial charge in [-0.1, -0.05) is 6.07 Å². The van der Waals surface area contributed by atoms with Crippen molar-refractivity contribution in [2.45, 2.75) is 57.7 Å². The van der Waals surface area contributed by atoms with E-state index in [0.29, 0.717) is 0 Å². The standard InChI is InChI=1S/C21H31N3O/c1-25-14-6-13-24-16-17(15-22-18-9-10-18)21-19(7-5-8-20(21)24)23-11-3-2-4-12-23/h5,7-8,16,18,22H,2-4,6,9-15H2,1H3. The van der Waals surface area contributed by atoms with Gasteiger partial charge in [0, 0.05) is 63.2 Å². The molecular formula is C21H31N3O. The summed E-state index contributed by atoms with van der Waals surface area (Å²) in [6.07, 6.45) is 10.1. The van der Waals surface area contributed by atoms with E-state index in [1.165, 1.54) is 67.3 Å². The molecule has 1 saturated heterocycles. The Kier molecular flexibility index (Phi) is 5.28. The summed E-state index contributed by atoms with van der Waals surface area (Å²) in [5, 5.41) is 5.19. The first-order chi connectivity index (χ1) is 12.4. The second kappa shape index (κ2) is 7.79. The van der Waals surface area contributed by atoms with Crippen LogP contribution in [0, 0.1) is 0 Å². The number of methoxy groups -OCH3 is 1. The summed E-state index contributed by atoms with van der Waals surface area (Å²) < 4.78 is 7.69. The summed E-state index contributed by atoms with van der Waals surface area (Å²) in [4.78, 5) is 2.60. The second-order valence-corrected chi connectivity index (χ2v) is 7.57. The molecule has 0 radical (unpaired) electrons. The molecule has 136 valence electrons. The number of hydrogen-bond donors (Lipinski definition) is 1. The highest BCUT2D eigenvalue weighted by Crippen LogP contribution is 2.34. The zero-order valence-electron chi connectivity index (χ0n) is 15.5. The Morgan fingerprint density at radius 2 is 2.00 bits per heavy atom. The van der Waals surface area contributed by atoms with Crippen LogP contribution in [0.5, 0.6) is 0 Å². The zero-order chi connectivity index (χ0) is 17.1. The van der Waals surface area contributed by atoms with Gasteiger partial charge in [0.2, 0.25) is 0 Å². The molecule has 0 amide bonds. The van der Waals surface area contributed by atoms with Gasteiger partial charge in [0.1, 0.15) is 0 Å². The third-order valence-corrected chi connectivity index (χ3v) is 5.57. The van der Waals surface area contributed by atoms with E-state index < -0.39 is 0 Å². The van der Waals surface area contributed by atoms with Crippen molar-refractivity contribution in [2.75, 3.05) is 31.7 Å². The number of nitrogens with zero attached hydrogens (tertiary/aromatic N) is 2. The number of fused-ring (bicyclic) bond motifs is 1. The molecule has 4 heteroatoms. The number of rotatable bonds is 8. The van der Waals surface area contributed by atoms with Crippen molar-refractivity contribution in [3.8, 4) is 0 Å². The Bertz CT molecular complexity index is 698. The lowest BCUT2D eigenvalue weighted by molar-refractivity contribution is 0.190. The average Bonchev–Trinajstić information content (AvgIpc) is 3.42. The molecule has 0 unspecified atom stereocenters. The fraction of sp³-hybridized carbons (Fsp3) is 0.619. The van der Waals surface area contributed by atoms with Crippen LogP contribution in [-0.4, -0.2) is 37.4 Å². The van der Waals surface area contributed by atoms with Crippen LogP contribution in [0.3, 0.4) is 0 Å². The van der Waals surface area contributed by atoms with E-state index in [4.69, 9.17) is 4.74 Å². The lowest BCUT2D eigenvalue weighted by atomic mass is 10.1. The normalized spacial score (nSPS) is 18.2. The van der Waals surface area contributed by atoms with Crippen molar-refractivity contribution in [1.29, 1.82) is 0 Å². The molecule has 1 saturated carbocycles. The Hall–Kier alpha value is -1.52. The number of hydrogen-bond acceptors (Lipinski definition) is 3. The van der Waals surface area contributed by atoms with Crippen LogP contribution in [0.25, 0.3) is 10.9 Å². The molecule has 1 aliphatic carbocycles. The van der Waals surface area contributed by atoms with Gasteiger partial charge in [-0.25, -0.2) is 0 Å². The van der Waals surface area contributed by atoms with Crippen molar-refractivity contribution in [2.24, 2.45) is 0 Å². The largest absolute Gasteiger partial charge is 0.385 e. The summed E-state index contributed by atoms with van der Waals surface area (Å²) in [6, 6.07) is 7.59. The van der Waals surface area contributed by atoms with Gasteiger partial charge in [-0.05, 0) is 56.2 Å². The molecule has 4 rings (SSSR count). The molecule has 2 aromatic rings. The highest BCUT2D eigenvalue weighted by Gasteiger charge is 2.22. The monoisotopic (exact) mass is 341 g/mol. The van der Waals surface area contributed by atoms with Gasteiger partial charge in [0.05, 0.1) is 5.52 Å². The first kappa shape index (κ1) is 16.9. The molecular weight excluding hydrogens is 310 g/mol. The van der Waals surface area contributed by atoms with Crippen LogP contribution >= 0.6 is 0 Å². The van der Waals surface area contributed by atoms with Crippen LogP contribution < -0.4 is 10.2 Å². The van der Waals surface area contributed by atoms with Crippen molar-refractivity contribution >= 4 is 16.6 Å². The number of piperidine rings is 1. The Morgan fingerprint density at radius 3 is 2.76 bits per heavy atom. The SMILES string of the molecule is COCCCn1cc(CNC2CC2)c2c(N3CCCCC3)cccc21. The van der Waals surface area contributed by atoms with E-state index in [1.807, 2.05) is 0 Å². The topological polar surface area (TPSA) is 29.4 Å². The highest BCUT2D eigenvalue weighted by molar-refractivity contribution is 5.96. The van der Waals surface area contributed by atoms with Gasteiger partial charge < -0.3 is 19.5 Å². The molecule has 4 nitrogen and oxygen atoms in total. The molecule has 2 fully saturated rings. The lowest BCUT2D eigenvalue weighted by Crippen LogP contribution is -2.29. The van der Waals surface area contributed by atoms with E-state index in [-0.39, 0.29) is 0 Å². The third-order valence-electron chi connectivity index (χ3n) is 5.57. The van der Waals surface area contributed by atoms with Crippen LogP contribution in [-0.2, 0) is 17.8 Å². The van der Waals surface area contributed by atoms with Crippen LogP contribution in [0.2, 0.25) is 0 Å². The minimum absolute atomic E-state index is 0.744. The minimum atomic E-state index is 0.744. The molecule has 1 aromatic carbocycles. The van der Waals surface area contributed by atoms with Gasteiger partial charge in [0.25, 0.3) is 0 Å². The van der Waals surface area contributed by atoms with Gasteiger partial charge in [0.15, 0.2) is 0 Å². The molecule has 1 N–H and O–H groups in total. The maximum Gasteiger partial charge on any atom is 0.0504 e. The number of anilines is 1. The predicted octanol–water partition coefficient (Wildman–Crippen LogP) is 3.92. The van der Waals surface area contributed by atoms with Crippen molar-refractivity contribution in [3.05, 3.63) is 30.0 Å². The number of aryl methyl sites for hydroxylation is 1. The quantitative estimate of drug-likeness (QED) is 0.738. The second-order valence-electron chi connectivity index (χ2n) is 7.57. The maximum absolute atomic E-state index is 5.25. The maximum atomic E-state index is 5.25. The molecule has 0 bridgehead atoms. The molecule has 1 aromatic heterocycles. The van der Waals surface area contributed by atoms with Gasteiger partial charge >= 0.3 is 0 Å². The van der Waals surface area contributed by atoms with Gasteiger partial charge in [-0.15, -0.1) is 0 Å². The predicted molar refractivity (Wildman–Crippen MR) is 104 cm³/mol. The third kappa shape index (κ3) is 3.85. The smallest absolute Gasteiger partial charge is 0.0504 e. The fourth-order valence-electron chi connectivity index (χ4n) is 4.06. The zero-order valence-corrected chi connectivity index (χ0v) is 15.5. The Balaban J connectivity index is 1.67. The summed E-state index contributed by atoms with van der Waals surface area (Å²) in [7, 11) is 1.78. The van der Waals surface area contributed by atoms with Crippen molar-refractivity contribution in [3.63, 3.8) is 0 Å². The lowest BCUT2D eigenvalue weighted by Gasteiger charge is -2.30. The molecule has 2 heterocycles. The number of ether oxygens (including phenoxy) is 1.